The highest BCUT2D eigenvalue weighted by Crippen LogP contribution is 2.32. The Bertz CT molecular complexity index is 672. The van der Waals surface area contributed by atoms with Gasteiger partial charge in [-0.1, -0.05) is 18.0 Å². The number of benzene rings is 1. The summed E-state index contributed by atoms with van der Waals surface area (Å²) in [5.41, 5.74) is 2.14. The Balaban J connectivity index is 1.50. The van der Waals surface area contributed by atoms with E-state index in [4.69, 9.17) is 11.6 Å². The maximum Gasteiger partial charge on any atom is 0.0737 e. The average Bonchev–Trinajstić information content (AvgIpc) is 2.96. The summed E-state index contributed by atoms with van der Waals surface area (Å²) < 4.78 is 0. The van der Waals surface area contributed by atoms with Crippen LogP contribution < -0.4 is 5.32 Å². The summed E-state index contributed by atoms with van der Waals surface area (Å²) in [5.74, 6) is 0.774. The van der Waals surface area contributed by atoms with Gasteiger partial charge in [-0.25, -0.2) is 0 Å². The third kappa shape index (κ3) is 2.68. The molecule has 2 atom stereocenters. The fourth-order valence-electron chi connectivity index (χ4n) is 4.11. The van der Waals surface area contributed by atoms with E-state index in [1.165, 1.54) is 44.5 Å². The fraction of sp³-hybridized carbons (Fsp3) is 0.500. The second-order valence-corrected chi connectivity index (χ2v) is 6.99. The second kappa shape index (κ2) is 6.05. The van der Waals surface area contributed by atoms with Crippen LogP contribution in [0, 0.1) is 5.92 Å². The lowest BCUT2D eigenvalue weighted by atomic mass is 9.93. The van der Waals surface area contributed by atoms with Crippen molar-refractivity contribution in [1.29, 1.82) is 0 Å². The molecular formula is C18H22ClN3. The lowest BCUT2D eigenvalue weighted by Crippen LogP contribution is -2.38. The zero-order valence-corrected chi connectivity index (χ0v) is 13.5. The molecule has 1 aromatic heterocycles. The molecule has 4 heteroatoms. The summed E-state index contributed by atoms with van der Waals surface area (Å²) in [6.45, 7) is 3.64. The van der Waals surface area contributed by atoms with E-state index in [1.807, 2.05) is 18.3 Å². The molecule has 2 unspecified atom stereocenters. The van der Waals surface area contributed by atoms with E-state index in [1.54, 1.807) is 0 Å². The van der Waals surface area contributed by atoms with Crippen LogP contribution in [-0.2, 0) is 0 Å². The lowest BCUT2D eigenvalue weighted by Gasteiger charge is -2.32. The van der Waals surface area contributed by atoms with Gasteiger partial charge >= 0.3 is 0 Å². The first kappa shape index (κ1) is 14.3. The molecule has 2 fully saturated rings. The molecule has 22 heavy (non-hydrogen) atoms. The maximum absolute atomic E-state index is 6.06. The van der Waals surface area contributed by atoms with Gasteiger partial charge in [-0.15, -0.1) is 0 Å². The predicted octanol–water partition coefficient (Wildman–Crippen LogP) is 4.17. The smallest absolute Gasteiger partial charge is 0.0737 e. The number of nitrogens with one attached hydrogen (secondary N) is 1. The van der Waals surface area contributed by atoms with Gasteiger partial charge in [-0.05, 0) is 62.5 Å². The van der Waals surface area contributed by atoms with Crippen molar-refractivity contribution in [2.24, 2.45) is 5.92 Å². The minimum absolute atomic E-state index is 0.741. The van der Waals surface area contributed by atoms with Gasteiger partial charge in [0.05, 0.1) is 5.52 Å². The molecule has 4 rings (SSSR count). The van der Waals surface area contributed by atoms with Gasteiger partial charge < -0.3 is 10.2 Å². The Morgan fingerprint density at radius 1 is 1.18 bits per heavy atom. The SMILES string of the molecule is Clc1ccc2c(NCC3CCN4CCCCC34)ccnc2c1. The highest BCUT2D eigenvalue weighted by atomic mass is 35.5. The first-order chi connectivity index (χ1) is 10.8. The normalized spacial score (nSPS) is 25.3. The van der Waals surface area contributed by atoms with E-state index in [0.29, 0.717) is 0 Å². The van der Waals surface area contributed by atoms with Crippen molar-refractivity contribution in [1.82, 2.24) is 9.88 Å². The molecule has 0 bridgehead atoms. The quantitative estimate of drug-likeness (QED) is 0.921. The largest absolute Gasteiger partial charge is 0.384 e. The predicted molar refractivity (Wildman–Crippen MR) is 92.6 cm³/mol. The van der Waals surface area contributed by atoms with Crippen LogP contribution in [0.1, 0.15) is 25.7 Å². The fourth-order valence-corrected chi connectivity index (χ4v) is 4.27. The van der Waals surface area contributed by atoms with Crippen molar-refractivity contribution >= 4 is 28.2 Å². The van der Waals surface area contributed by atoms with Crippen LogP contribution in [0.25, 0.3) is 10.9 Å². The van der Waals surface area contributed by atoms with Gasteiger partial charge in [0.25, 0.3) is 0 Å². The molecule has 3 heterocycles. The van der Waals surface area contributed by atoms with Crippen LogP contribution in [0.2, 0.25) is 5.02 Å². The van der Waals surface area contributed by atoms with Crippen molar-refractivity contribution in [2.75, 3.05) is 25.0 Å². The summed E-state index contributed by atoms with van der Waals surface area (Å²) in [4.78, 5) is 7.11. The summed E-state index contributed by atoms with van der Waals surface area (Å²) >= 11 is 6.06. The summed E-state index contributed by atoms with van der Waals surface area (Å²) in [6, 6.07) is 8.80. The zero-order valence-electron chi connectivity index (χ0n) is 12.8. The average molecular weight is 316 g/mol. The number of halogens is 1. The van der Waals surface area contributed by atoms with Gasteiger partial charge in [0.2, 0.25) is 0 Å². The van der Waals surface area contributed by atoms with Gasteiger partial charge in [-0.3, -0.25) is 4.98 Å². The highest BCUT2D eigenvalue weighted by molar-refractivity contribution is 6.31. The molecule has 0 saturated carbocycles. The highest BCUT2D eigenvalue weighted by Gasteiger charge is 2.35. The molecule has 2 aliphatic heterocycles. The summed E-state index contributed by atoms with van der Waals surface area (Å²) in [6.07, 6.45) is 7.34. The maximum atomic E-state index is 6.06. The first-order valence-corrected chi connectivity index (χ1v) is 8.71. The third-order valence-corrected chi connectivity index (χ3v) is 5.49. The van der Waals surface area contributed by atoms with Crippen molar-refractivity contribution in [3.8, 4) is 0 Å². The van der Waals surface area contributed by atoms with Crippen molar-refractivity contribution in [3.05, 3.63) is 35.5 Å². The number of piperidine rings is 1. The molecule has 0 spiro atoms. The van der Waals surface area contributed by atoms with Crippen molar-refractivity contribution < 1.29 is 0 Å². The Morgan fingerprint density at radius 2 is 2.14 bits per heavy atom. The second-order valence-electron chi connectivity index (χ2n) is 6.55. The summed E-state index contributed by atoms with van der Waals surface area (Å²) in [7, 11) is 0. The van der Waals surface area contributed by atoms with Crippen LogP contribution in [0.3, 0.4) is 0 Å². The van der Waals surface area contributed by atoms with Gasteiger partial charge in [0.15, 0.2) is 0 Å². The number of rotatable bonds is 3. The first-order valence-electron chi connectivity index (χ1n) is 8.33. The number of hydrogen-bond donors (Lipinski definition) is 1. The number of pyridine rings is 1. The molecule has 0 amide bonds. The molecule has 0 aliphatic carbocycles. The monoisotopic (exact) mass is 315 g/mol. The van der Waals surface area contributed by atoms with E-state index in [-0.39, 0.29) is 0 Å². The van der Waals surface area contributed by atoms with Gasteiger partial charge in [0, 0.05) is 34.9 Å². The Kier molecular flexibility index (Phi) is 3.93. The van der Waals surface area contributed by atoms with Gasteiger partial charge in [-0.2, -0.15) is 0 Å². The number of hydrogen-bond acceptors (Lipinski definition) is 3. The van der Waals surface area contributed by atoms with E-state index in [9.17, 15) is 0 Å². The van der Waals surface area contributed by atoms with E-state index >= 15 is 0 Å². The minimum atomic E-state index is 0.741. The standard InChI is InChI=1S/C18H22ClN3/c19-14-4-5-15-16(6-8-20-17(15)11-14)21-12-13-7-10-22-9-2-1-3-18(13)22/h4-6,8,11,13,18H,1-3,7,9-10,12H2,(H,20,21). The third-order valence-electron chi connectivity index (χ3n) is 5.25. The molecule has 2 aromatic rings. The Morgan fingerprint density at radius 3 is 3.09 bits per heavy atom. The molecule has 116 valence electrons. The lowest BCUT2D eigenvalue weighted by molar-refractivity contribution is 0.175. The van der Waals surface area contributed by atoms with Crippen LogP contribution >= 0.6 is 11.6 Å². The van der Waals surface area contributed by atoms with Crippen LogP contribution in [-0.4, -0.2) is 35.6 Å². The van der Waals surface area contributed by atoms with E-state index in [0.717, 1.165) is 34.4 Å². The van der Waals surface area contributed by atoms with E-state index in [2.05, 4.69) is 27.3 Å². The molecule has 1 N–H and O–H groups in total. The minimum Gasteiger partial charge on any atom is -0.384 e. The van der Waals surface area contributed by atoms with Crippen molar-refractivity contribution in [2.45, 2.75) is 31.7 Å². The number of aromatic nitrogens is 1. The Labute approximate surface area is 136 Å². The summed E-state index contributed by atoms with van der Waals surface area (Å²) in [5, 5.41) is 5.57. The molecule has 2 aliphatic rings. The molecule has 1 aromatic carbocycles. The molecule has 2 saturated heterocycles. The molecule has 0 radical (unpaired) electrons. The van der Waals surface area contributed by atoms with Crippen LogP contribution in [0.5, 0.6) is 0 Å². The van der Waals surface area contributed by atoms with E-state index < -0.39 is 0 Å². The van der Waals surface area contributed by atoms with Crippen molar-refractivity contribution in [3.63, 3.8) is 0 Å². The number of nitrogens with zero attached hydrogens (tertiary/aromatic N) is 2. The zero-order chi connectivity index (χ0) is 14.9. The number of anilines is 1. The topological polar surface area (TPSA) is 28.2 Å². The number of fused-ring (bicyclic) bond motifs is 2. The van der Waals surface area contributed by atoms with Crippen LogP contribution in [0.4, 0.5) is 5.69 Å². The van der Waals surface area contributed by atoms with Crippen LogP contribution in [0.15, 0.2) is 30.5 Å². The Hall–Kier alpha value is -1.32. The molecule has 3 nitrogen and oxygen atoms in total. The van der Waals surface area contributed by atoms with Gasteiger partial charge in [0.1, 0.15) is 0 Å². The molecular weight excluding hydrogens is 294 g/mol.